The number of hydrogen-bond donors (Lipinski definition) is 1. The maximum atomic E-state index is 12.6. The fourth-order valence-corrected chi connectivity index (χ4v) is 3.40. The molecule has 0 radical (unpaired) electrons. The minimum absolute atomic E-state index is 0.0694. The number of benzene rings is 2. The van der Waals surface area contributed by atoms with Crippen molar-refractivity contribution >= 4 is 5.91 Å². The first-order valence-corrected chi connectivity index (χ1v) is 9.42. The molecule has 2 aromatic carbocycles. The lowest BCUT2D eigenvalue weighted by Gasteiger charge is -2.34. The highest BCUT2D eigenvalue weighted by molar-refractivity contribution is 5.95. The molecular weight excluding hydrogens is 338 g/mol. The monoisotopic (exact) mass is 363 g/mol. The van der Waals surface area contributed by atoms with Crippen molar-refractivity contribution in [3.63, 3.8) is 0 Å². The molecule has 2 aromatic rings. The van der Waals surface area contributed by atoms with Gasteiger partial charge in [0.15, 0.2) is 0 Å². The molecule has 1 aliphatic rings. The molecule has 1 N–H and O–H groups in total. The van der Waals surface area contributed by atoms with Gasteiger partial charge in [-0.05, 0) is 41.8 Å². The van der Waals surface area contributed by atoms with Crippen LogP contribution in [0.1, 0.15) is 29.3 Å². The number of nitriles is 1. The van der Waals surface area contributed by atoms with E-state index in [1.807, 2.05) is 42.5 Å². The van der Waals surface area contributed by atoms with Gasteiger partial charge in [0.1, 0.15) is 0 Å². The Morgan fingerprint density at radius 1 is 1.19 bits per heavy atom. The standard InChI is InChI=1S/C22H25N3O2/c1-2-21(25-9-11-27-12-10-25)16-24-22(26)20-8-4-7-19(14-20)18-6-3-5-17(13-18)15-23/h3-8,13-14,21H,2,9-12,16H2,1H3,(H,24,26)/t21-/m1/s1. The summed E-state index contributed by atoms with van der Waals surface area (Å²) in [7, 11) is 0. The molecule has 0 saturated carbocycles. The van der Waals surface area contributed by atoms with Crippen LogP contribution in [0.3, 0.4) is 0 Å². The van der Waals surface area contributed by atoms with E-state index >= 15 is 0 Å². The molecule has 1 heterocycles. The first kappa shape index (κ1) is 19.1. The molecule has 1 atom stereocenters. The minimum Gasteiger partial charge on any atom is -0.379 e. The average Bonchev–Trinajstić information content (AvgIpc) is 2.75. The molecule has 140 valence electrons. The van der Waals surface area contributed by atoms with E-state index in [1.165, 1.54) is 0 Å². The Morgan fingerprint density at radius 2 is 1.89 bits per heavy atom. The summed E-state index contributed by atoms with van der Waals surface area (Å²) in [5.74, 6) is -0.0694. The molecule has 27 heavy (non-hydrogen) atoms. The second kappa shape index (κ2) is 9.31. The van der Waals surface area contributed by atoms with Crippen molar-refractivity contribution < 1.29 is 9.53 Å². The third-order valence-electron chi connectivity index (χ3n) is 4.98. The number of carbonyl (C=O) groups is 1. The largest absolute Gasteiger partial charge is 0.379 e. The van der Waals surface area contributed by atoms with Crippen molar-refractivity contribution in [1.82, 2.24) is 10.2 Å². The smallest absolute Gasteiger partial charge is 0.251 e. The Bertz CT molecular complexity index is 822. The third-order valence-corrected chi connectivity index (χ3v) is 4.98. The van der Waals surface area contributed by atoms with E-state index in [2.05, 4.69) is 23.2 Å². The quantitative estimate of drug-likeness (QED) is 0.857. The summed E-state index contributed by atoms with van der Waals surface area (Å²) in [5.41, 5.74) is 3.11. The molecule has 3 rings (SSSR count). The molecule has 0 unspecified atom stereocenters. The molecule has 1 fully saturated rings. The van der Waals surface area contributed by atoms with Gasteiger partial charge in [0.2, 0.25) is 0 Å². The van der Waals surface area contributed by atoms with E-state index in [0.29, 0.717) is 23.7 Å². The number of hydrogen-bond acceptors (Lipinski definition) is 4. The molecule has 1 amide bonds. The molecular formula is C22H25N3O2. The number of carbonyl (C=O) groups excluding carboxylic acids is 1. The van der Waals surface area contributed by atoms with Crippen LogP contribution >= 0.6 is 0 Å². The van der Waals surface area contributed by atoms with Crippen LogP contribution in [0.4, 0.5) is 0 Å². The van der Waals surface area contributed by atoms with E-state index in [0.717, 1.165) is 43.9 Å². The summed E-state index contributed by atoms with van der Waals surface area (Å²) < 4.78 is 5.41. The van der Waals surface area contributed by atoms with Crippen molar-refractivity contribution in [2.75, 3.05) is 32.8 Å². The summed E-state index contributed by atoms with van der Waals surface area (Å²) in [6, 6.07) is 17.4. The number of rotatable bonds is 6. The maximum absolute atomic E-state index is 12.6. The summed E-state index contributed by atoms with van der Waals surface area (Å²) >= 11 is 0. The molecule has 0 spiro atoms. The van der Waals surface area contributed by atoms with Gasteiger partial charge in [-0.3, -0.25) is 9.69 Å². The summed E-state index contributed by atoms with van der Waals surface area (Å²) in [6.07, 6.45) is 0.987. The van der Waals surface area contributed by atoms with Crippen LogP contribution in [-0.4, -0.2) is 49.7 Å². The fourth-order valence-electron chi connectivity index (χ4n) is 3.40. The Morgan fingerprint density at radius 3 is 2.59 bits per heavy atom. The maximum Gasteiger partial charge on any atom is 0.251 e. The van der Waals surface area contributed by atoms with Gasteiger partial charge in [0.25, 0.3) is 5.91 Å². The number of nitrogens with zero attached hydrogens (tertiary/aromatic N) is 2. The van der Waals surface area contributed by atoms with E-state index in [4.69, 9.17) is 10.00 Å². The van der Waals surface area contributed by atoms with Gasteiger partial charge >= 0.3 is 0 Å². The Balaban J connectivity index is 1.67. The number of morpholine rings is 1. The predicted octanol–water partition coefficient (Wildman–Crippen LogP) is 3.07. The molecule has 0 bridgehead atoms. The molecule has 5 heteroatoms. The van der Waals surface area contributed by atoms with Gasteiger partial charge < -0.3 is 10.1 Å². The number of ether oxygens (including phenoxy) is 1. The summed E-state index contributed by atoms with van der Waals surface area (Å²) in [4.78, 5) is 15.0. The van der Waals surface area contributed by atoms with Crippen molar-refractivity contribution in [3.05, 3.63) is 59.7 Å². The second-order valence-electron chi connectivity index (χ2n) is 6.69. The van der Waals surface area contributed by atoms with Gasteiger partial charge in [-0.1, -0.05) is 31.2 Å². The lowest BCUT2D eigenvalue weighted by atomic mass is 10.0. The van der Waals surface area contributed by atoms with E-state index in [9.17, 15) is 4.79 Å². The van der Waals surface area contributed by atoms with Gasteiger partial charge in [-0.15, -0.1) is 0 Å². The fraction of sp³-hybridized carbons (Fsp3) is 0.364. The normalized spacial score (nSPS) is 15.7. The van der Waals surface area contributed by atoms with Gasteiger partial charge in [-0.25, -0.2) is 0 Å². The zero-order valence-electron chi connectivity index (χ0n) is 15.6. The molecule has 0 aromatic heterocycles. The van der Waals surface area contributed by atoms with Crippen molar-refractivity contribution in [1.29, 1.82) is 5.26 Å². The highest BCUT2D eigenvalue weighted by Crippen LogP contribution is 2.21. The van der Waals surface area contributed by atoms with Gasteiger partial charge in [0, 0.05) is 31.2 Å². The number of nitrogens with one attached hydrogen (secondary N) is 1. The Labute approximate surface area is 160 Å². The van der Waals surface area contributed by atoms with Gasteiger partial charge in [0.05, 0.1) is 24.8 Å². The van der Waals surface area contributed by atoms with Crippen LogP contribution in [0.15, 0.2) is 48.5 Å². The molecule has 1 saturated heterocycles. The van der Waals surface area contributed by atoms with E-state index < -0.39 is 0 Å². The Kier molecular flexibility index (Phi) is 6.59. The van der Waals surface area contributed by atoms with Crippen LogP contribution < -0.4 is 5.32 Å². The molecule has 1 aliphatic heterocycles. The predicted molar refractivity (Wildman–Crippen MR) is 105 cm³/mol. The zero-order chi connectivity index (χ0) is 19.1. The second-order valence-corrected chi connectivity index (χ2v) is 6.69. The highest BCUT2D eigenvalue weighted by atomic mass is 16.5. The van der Waals surface area contributed by atoms with Crippen molar-refractivity contribution in [2.24, 2.45) is 0 Å². The third kappa shape index (κ3) is 4.94. The average molecular weight is 363 g/mol. The van der Waals surface area contributed by atoms with Crippen LogP contribution in [0.25, 0.3) is 11.1 Å². The summed E-state index contributed by atoms with van der Waals surface area (Å²) in [5, 5.41) is 12.2. The van der Waals surface area contributed by atoms with Gasteiger partial charge in [-0.2, -0.15) is 5.26 Å². The van der Waals surface area contributed by atoms with Crippen LogP contribution in [-0.2, 0) is 4.74 Å². The lowest BCUT2D eigenvalue weighted by molar-refractivity contribution is 0.0159. The van der Waals surface area contributed by atoms with Crippen LogP contribution in [0.2, 0.25) is 0 Å². The topological polar surface area (TPSA) is 65.4 Å². The van der Waals surface area contributed by atoms with E-state index in [-0.39, 0.29) is 5.91 Å². The van der Waals surface area contributed by atoms with Crippen molar-refractivity contribution in [3.8, 4) is 17.2 Å². The zero-order valence-corrected chi connectivity index (χ0v) is 15.6. The highest BCUT2D eigenvalue weighted by Gasteiger charge is 2.20. The van der Waals surface area contributed by atoms with Crippen molar-refractivity contribution in [2.45, 2.75) is 19.4 Å². The Hall–Kier alpha value is -2.68. The summed E-state index contributed by atoms with van der Waals surface area (Å²) in [6.45, 7) is 6.12. The number of amides is 1. The molecule has 0 aliphatic carbocycles. The first-order valence-electron chi connectivity index (χ1n) is 9.42. The SMILES string of the molecule is CC[C@H](CNC(=O)c1cccc(-c2cccc(C#N)c2)c1)N1CCOCC1. The molecule has 5 nitrogen and oxygen atoms in total. The van der Waals surface area contributed by atoms with Crippen LogP contribution in [0, 0.1) is 11.3 Å². The minimum atomic E-state index is -0.0694. The first-order chi connectivity index (χ1) is 13.2. The van der Waals surface area contributed by atoms with Crippen LogP contribution in [0.5, 0.6) is 0 Å². The lowest BCUT2D eigenvalue weighted by Crippen LogP contribution is -2.48. The van der Waals surface area contributed by atoms with E-state index in [1.54, 1.807) is 6.07 Å².